The van der Waals surface area contributed by atoms with E-state index >= 15 is 0 Å². The molecule has 3 rings (SSSR count). The number of rotatable bonds is 5. The van der Waals surface area contributed by atoms with E-state index in [4.69, 9.17) is 40.2 Å². The molecule has 0 amide bonds. The van der Waals surface area contributed by atoms with Crippen LogP contribution in [0.4, 0.5) is 0 Å². The van der Waals surface area contributed by atoms with Gasteiger partial charge in [0.2, 0.25) is 4.77 Å². The molecule has 0 radical (unpaired) electrons. The van der Waals surface area contributed by atoms with Crippen molar-refractivity contribution < 1.29 is 14.9 Å². The summed E-state index contributed by atoms with van der Waals surface area (Å²) in [7, 11) is 0. The number of phenols is 2. The Hall–Kier alpha value is -2.55. The number of nitrogens with one attached hydrogen (secondary N) is 1. The lowest BCUT2D eigenvalue weighted by Gasteiger charge is -2.07. The van der Waals surface area contributed by atoms with Gasteiger partial charge in [-0.15, -0.1) is 0 Å². The molecule has 1 heterocycles. The largest absolute Gasteiger partial charge is 0.504 e. The molecule has 1 aromatic heterocycles. The smallest absolute Gasteiger partial charge is 0.216 e. The minimum atomic E-state index is -0.283. The number of aromatic nitrogens is 3. The number of H-pyrrole nitrogens is 1. The van der Waals surface area contributed by atoms with Gasteiger partial charge in [0, 0.05) is 16.7 Å². The van der Waals surface area contributed by atoms with Gasteiger partial charge in [0.1, 0.15) is 12.4 Å². The first-order valence-corrected chi connectivity index (χ1v) is 8.41. The summed E-state index contributed by atoms with van der Waals surface area (Å²) < 4.78 is 7.19. The standard InChI is InChI=1S/C16H12Cl2N4O3S/c17-10-4-5-11(18)13(6-10)25-8-14-20-21-16(26)22(14)19-7-9-2-1-3-12(23)15(9)24/h1-7,23-24H,8H2,(H,21,26)/b19-7+. The zero-order chi connectivity index (χ0) is 18.7. The molecule has 0 fully saturated rings. The molecule has 0 saturated heterocycles. The highest BCUT2D eigenvalue weighted by atomic mass is 35.5. The molecule has 0 aliphatic carbocycles. The minimum Gasteiger partial charge on any atom is -0.504 e. The quantitative estimate of drug-likeness (QED) is 0.334. The first kappa shape index (κ1) is 18.2. The zero-order valence-corrected chi connectivity index (χ0v) is 15.4. The predicted molar refractivity (Wildman–Crippen MR) is 101 cm³/mol. The molecule has 2 aromatic carbocycles. The Labute approximate surface area is 163 Å². The summed E-state index contributed by atoms with van der Waals surface area (Å²) in [4.78, 5) is 0. The van der Waals surface area contributed by atoms with Crippen LogP contribution in [-0.4, -0.2) is 31.3 Å². The molecule has 0 bridgehead atoms. The van der Waals surface area contributed by atoms with Gasteiger partial charge in [-0.05, 0) is 36.5 Å². The van der Waals surface area contributed by atoms with E-state index in [0.717, 1.165) is 0 Å². The number of aromatic hydroxyl groups is 2. The monoisotopic (exact) mass is 410 g/mol. The van der Waals surface area contributed by atoms with Gasteiger partial charge in [-0.25, -0.2) is 5.10 Å². The van der Waals surface area contributed by atoms with E-state index in [0.29, 0.717) is 27.2 Å². The fraction of sp³-hybridized carbons (Fsp3) is 0.0625. The minimum absolute atomic E-state index is 0.0244. The summed E-state index contributed by atoms with van der Waals surface area (Å²) in [6.45, 7) is 0.0244. The van der Waals surface area contributed by atoms with Crippen molar-refractivity contribution in [2.24, 2.45) is 5.10 Å². The summed E-state index contributed by atoms with van der Waals surface area (Å²) in [6, 6.07) is 9.39. The van der Waals surface area contributed by atoms with Gasteiger partial charge in [0.25, 0.3) is 0 Å². The number of nitrogens with zero attached hydrogens (tertiary/aromatic N) is 3. The van der Waals surface area contributed by atoms with Crippen molar-refractivity contribution >= 4 is 41.6 Å². The van der Waals surface area contributed by atoms with Crippen LogP contribution in [0.3, 0.4) is 0 Å². The van der Waals surface area contributed by atoms with Crippen LogP contribution < -0.4 is 4.74 Å². The predicted octanol–water partition coefficient (Wildman–Crippen LogP) is 4.12. The number of phenolic OH excluding ortho intramolecular Hbond substituents is 2. The van der Waals surface area contributed by atoms with E-state index in [1.54, 1.807) is 30.3 Å². The summed E-state index contributed by atoms with van der Waals surface area (Å²) in [5, 5.41) is 31.1. The van der Waals surface area contributed by atoms with Gasteiger partial charge < -0.3 is 14.9 Å². The van der Waals surface area contributed by atoms with Gasteiger partial charge in [-0.1, -0.05) is 29.3 Å². The van der Waals surface area contributed by atoms with Crippen molar-refractivity contribution in [1.29, 1.82) is 0 Å². The Kier molecular flexibility index (Phi) is 5.46. The third-order valence-corrected chi connectivity index (χ3v) is 4.14. The number of hydrogen-bond acceptors (Lipinski definition) is 6. The highest BCUT2D eigenvalue weighted by Crippen LogP contribution is 2.28. The second-order valence-corrected chi connectivity index (χ2v) is 6.31. The fourth-order valence-electron chi connectivity index (χ4n) is 2.04. The van der Waals surface area contributed by atoms with Gasteiger partial charge in [-0.3, -0.25) is 0 Å². The molecule has 0 saturated carbocycles. The molecule has 7 nitrogen and oxygen atoms in total. The maximum absolute atomic E-state index is 9.82. The second-order valence-electron chi connectivity index (χ2n) is 5.08. The van der Waals surface area contributed by atoms with E-state index in [-0.39, 0.29) is 22.9 Å². The topological polar surface area (TPSA) is 95.7 Å². The van der Waals surface area contributed by atoms with Gasteiger partial charge in [-0.2, -0.15) is 14.9 Å². The van der Waals surface area contributed by atoms with Crippen LogP contribution >= 0.6 is 35.4 Å². The first-order chi connectivity index (χ1) is 12.5. The number of benzene rings is 2. The Bertz CT molecular complexity index is 1030. The maximum Gasteiger partial charge on any atom is 0.216 e. The van der Waals surface area contributed by atoms with Crippen molar-refractivity contribution in [3.8, 4) is 17.2 Å². The van der Waals surface area contributed by atoms with E-state index in [1.165, 1.54) is 17.0 Å². The average molecular weight is 411 g/mol. The summed E-state index contributed by atoms with van der Waals surface area (Å²) in [6.07, 6.45) is 1.34. The van der Waals surface area contributed by atoms with Gasteiger partial charge >= 0.3 is 0 Å². The van der Waals surface area contributed by atoms with Crippen LogP contribution in [0.1, 0.15) is 11.4 Å². The second kappa shape index (κ2) is 7.77. The molecule has 134 valence electrons. The molecular formula is C16H12Cl2N4O3S. The highest BCUT2D eigenvalue weighted by molar-refractivity contribution is 7.71. The van der Waals surface area contributed by atoms with Crippen molar-refractivity contribution in [3.05, 3.63) is 62.6 Å². The van der Waals surface area contributed by atoms with E-state index in [1.807, 2.05) is 0 Å². The first-order valence-electron chi connectivity index (χ1n) is 7.25. The SMILES string of the molecule is Oc1cccc(/C=N/n2c(COc3cc(Cl)ccc3Cl)n[nH]c2=S)c1O. The van der Waals surface area contributed by atoms with Gasteiger partial charge in [0.05, 0.1) is 11.2 Å². The molecule has 10 heteroatoms. The lowest BCUT2D eigenvalue weighted by molar-refractivity contribution is 0.291. The Balaban J connectivity index is 1.83. The Morgan fingerprint density at radius 3 is 2.88 bits per heavy atom. The third-order valence-electron chi connectivity index (χ3n) is 3.33. The van der Waals surface area contributed by atoms with Crippen molar-refractivity contribution in [1.82, 2.24) is 14.9 Å². The Morgan fingerprint density at radius 2 is 2.08 bits per heavy atom. The summed E-state index contributed by atoms with van der Waals surface area (Å²) >= 11 is 17.1. The summed E-state index contributed by atoms with van der Waals surface area (Å²) in [5.74, 6) is 0.245. The van der Waals surface area contributed by atoms with E-state index in [9.17, 15) is 10.2 Å². The summed E-state index contributed by atoms with van der Waals surface area (Å²) in [5.41, 5.74) is 0.317. The molecule has 0 unspecified atom stereocenters. The molecule has 0 aliphatic heterocycles. The number of hydrogen-bond donors (Lipinski definition) is 3. The zero-order valence-electron chi connectivity index (χ0n) is 13.1. The molecule has 3 aromatic rings. The lowest BCUT2D eigenvalue weighted by atomic mass is 10.2. The lowest BCUT2D eigenvalue weighted by Crippen LogP contribution is -2.04. The number of ether oxygens (including phenoxy) is 1. The molecular weight excluding hydrogens is 399 g/mol. The van der Waals surface area contributed by atoms with Crippen LogP contribution in [-0.2, 0) is 6.61 Å². The third kappa shape index (κ3) is 3.98. The molecule has 0 atom stereocenters. The highest BCUT2D eigenvalue weighted by Gasteiger charge is 2.09. The van der Waals surface area contributed by atoms with Gasteiger partial charge in [0.15, 0.2) is 17.3 Å². The number of para-hydroxylation sites is 1. The molecule has 0 aliphatic rings. The Morgan fingerprint density at radius 1 is 1.27 bits per heavy atom. The van der Waals surface area contributed by atoms with Crippen molar-refractivity contribution in [2.45, 2.75) is 6.61 Å². The van der Waals surface area contributed by atoms with Crippen molar-refractivity contribution in [2.75, 3.05) is 0 Å². The van der Waals surface area contributed by atoms with Crippen LogP contribution in [0, 0.1) is 4.77 Å². The van der Waals surface area contributed by atoms with E-state index in [2.05, 4.69) is 15.3 Å². The van der Waals surface area contributed by atoms with E-state index < -0.39 is 0 Å². The fourth-order valence-corrected chi connectivity index (χ4v) is 2.57. The van der Waals surface area contributed by atoms with Crippen LogP contribution in [0.2, 0.25) is 10.0 Å². The van der Waals surface area contributed by atoms with Crippen LogP contribution in [0.5, 0.6) is 17.2 Å². The van der Waals surface area contributed by atoms with Crippen molar-refractivity contribution in [3.63, 3.8) is 0 Å². The maximum atomic E-state index is 9.82. The number of aromatic amines is 1. The molecule has 26 heavy (non-hydrogen) atoms. The van der Waals surface area contributed by atoms with Crippen LogP contribution in [0.15, 0.2) is 41.5 Å². The molecule has 0 spiro atoms. The average Bonchev–Trinajstić information content (AvgIpc) is 2.97. The molecule has 3 N–H and O–H groups in total. The number of halogens is 2. The normalized spacial score (nSPS) is 11.2. The van der Waals surface area contributed by atoms with Crippen LogP contribution in [0.25, 0.3) is 0 Å².